The lowest BCUT2D eigenvalue weighted by Gasteiger charge is -2.21. The average molecular weight is 227 g/mol. The highest BCUT2D eigenvalue weighted by molar-refractivity contribution is 5.13. The first-order chi connectivity index (χ1) is 7.52. The fraction of sp³-hybridized carbons (Fsp3) is 0.818. The fourth-order valence-corrected chi connectivity index (χ4v) is 1.56. The number of ether oxygens (including phenoxy) is 1. The molecule has 2 unspecified atom stereocenters. The van der Waals surface area contributed by atoms with E-state index in [9.17, 15) is 5.11 Å². The number of hydrogen-bond acceptors (Lipinski definition) is 4. The zero-order valence-electron chi connectivity index (χ0n) is 10.6. The van der Waals surface area contributed by atoms with Gasteiger partial charge in [-0.25, -0.2) is 4.68 Å². The number of aromatic nitrogens is 3. The maximum absolute atomic E-state index is 9.23. The Labute approximate surface area is 96.4 Å². The second-order valence-electron chi connectivity index (χ2n) is 4.39. The van der Waals surface area contributed by atoms with Crippen molar-refractivity contribution in [1.29, 1.82) is 0 Å². The Balaban J connectivity index is 3.14. The zero-order valence-corrected chi connectivity index (χ0v) is 10.6. The summed E-state index contributed by atoms with van der Waals surface area (Å²) in [5.41, 5.74) is 1.47. The van der Waals surface area contributed by atoms with Gasteiger partial charge in [-0.15, -0.1) is 5.10 Å². The molecule has 0 aliphatic rings. The summed E-state index contributed by atoms with van der Waals surface area (Å²) in [5, 5.41) is 17.3. The number of hydrogen-bond donors (Lipinski definition) is 1. The van der Waals surface area contributed by atoms with Crippen LogP contribution in [0.2, 0.25) is 0 Å². The second-order valence-corrected chi connectivity index (χ2v) is 4.39. The van der Waals surface area contributed by atoms with E-state index in [1.54, 1.807) is 7.11 Å². The molecule has 1 rings (SSSR count). The predicted molar refractivity (Wildman–Crippen MR) is 60.9 cm³/mol. The lowest BCUT2D eigenvalue weighted by atomic mass is 10.1. The van der Waals surface area contributed by atoms with Gasteiger partial charge in [0, 0.05) is 7.11 Å². The average Bonchev–Trinajstić information content (AvgIpc) is 2.70. The summed E-state index contributed by atoms with van der Waals surface area (Å²) in [6.45, 7) is 8.18. The highest BCUT2D eigenvalue weighted by Crippen LogP contribution is 2.25. The van der Waals surface area contributed by atoms with E-state index >= 15 is 0 Å². The van der Waals surface area contributed by atoms with Crippen molar-refractivity contribution in [3.8, 4) is 0 Å². The van der Waals surface area contributed by atoms with E-state index < -0.39 is 0 Å². The van der Waals surface area contributed by atoms with Crippen LogP contribution in [0.4, 0.5) is 0 Å². The maximum Gasteiger partial charge on any atom is 0.114 e. The lowest BCUT2D eigenvalue weighted by Crippen LogP contribution is -2.18. The fourth-order valence-electron chi connectivity index (χ4n) is 1.56. The van der Waals surface area contributed by atoms with Gasteiger partial charge in [-0.1, -0.05) is 19.1 Å². The third-order valence-electron chi connectivity index (χ3n) is 3.04. The van der Waals surface area contributed by atoms with Crippen LogP contribution in [0.25, 0.3) is 0 Å². The normalized spacial score (nSPS) is 15.4. The molecule has 1 heterocycles. The van der Waals surface area contributed by atoms with E-state index in [2.05, 4.69) is 31.1 Å². The summed E-state index contributed by atoms with van der Waals surface area (Å²) in [5.74, 6) is 0.455. The van der Waals surface area contributed by atoms with Crippen molar-refractivity contribution in [3.05, 3.63) is 11.4 Å². The third kappa shape index (κ3) is 2.41. The summed E-state index contributed by atoms with van der Waals surface area (Å²) in [7, 11) is 1.64. The van der Waals surface area contributed by atoms with Gasteiger partial charge in [0.25, 0.3) is 0 Å². The number of aliphatic hydroxyl groups excluding tert-OH is 1. The summed E-state index contributed by atoms with van der Waals surface area (Å²) in [4.78, 5) is 0. The smallest absolute Gasteiger partial charge is 0.114 e. The molecule has 0 spiro atoms. The Hall–Kier alpha value is -0.940. The minimum Gasteiger partial charge on any atom is -0.390 e. The molecule has 5 nitrogen and oxygen atoms in total. The van der Waals surface area contributed by atoms with Gasteiger partial charge in [-0.05, 0) is 19.8 Å². The molecular weight excluding hydrogens is 206 g/mol. The molecule has 0 radical (unpaired) electrons. The second kappa shape index (κ2) is 5.41. The van der Waals surface area contributed by atoms with Crippen LogP contribution in [0.15, 0.2) is 0 Å². The Morgan fingerprint density at radius 3 is 2.38 bits per heavy atom. The number of nitrogens with zero attached hydrogens (tertiary/aromatic N) is 3. The van der Waals surface area contributed by atoms with Gasteiger partial charge in [0.2, 0.25) is 0 Å². The molecule has 2 atom stereocenters. The molecule has 0 aliphatic carbocycles. The van der Waals surface area contributed by atoms with Crippen LogP contribution in [-0.4, -0.2) is 27.2 Å². The molecular formula is C11H21N3O2. The van der Waals surface area contributed by atoms with Gasteiger partial charge in [0.05, 0.1) is 24.4 Å². The largest absolute Gasteiger partial charge is 0.390 e. The van der Waals surface area contributed by atoms with Crippen molar-refractivity contribution in [3.63, 3.8) is 0 Å². The molecule has 1 aromatic heterocycles. The maximum atomic E-state index is 9.23. The molecule has 16 heavy (non-hydrogen) atoms. The molecule has 0 fully saturated rings. The predicted octanol–water partition coefficient (Wildman–Crippen LogP) is 1.69. The molecule has 5 heteroatoms. The van der Waals surface area contributed by atoms with Crippen LogP contribution in [-0.2, 0) is 11.3 Å². The van der Waals surface area contributed by atoms with Crippen LogP contribution in [0.3, 0.4) is 0 Å². The summed E-state index contributed by atoms with van der Waals surface area (Å²) < 4.78 is 7.15. The zero-order chi connectivity index (χ0) is 12.3. The third-order valence-corrected chi connectivity index (χ3v) is 3.04. The summed E-state index contributed by atoms with van der Waals surface area (Å²) >= 11 is 0. The van der Waals surface area contributed by atoms with Crippen molar-refractivity contribution >= 4 is 0 Å². The molecule has 0 bridgehead atoms. The van der Waals surface area contributed by atoms with Crippen molar-refractivity contribution < 1.29 is 9.84 Å². The van der Waals surface area contributed by atoms with Gasteiger partial charge in [0.15, 0.2) is 0 Å². The molecule has 0 saturated heterocycles. The minimum atomic E-state index is -0.113. The van der Waals surface area contributed by atoms with Crippen LogP contribution in [0.1, 0.15) is 51.2 Å². The quantitative estimate of drug-likeness (QED) is 0.831. The van der Waals surface area contributed by atoms with E-state index in [4.69, 9.17) is 4.74 Å². The molecule has 0 aliphatic heterocycles. The molecule has 0 saturated carbocycles. The van der Waals surface area contributed by atoms with Gasteiger partial charge in [-0.3, -0.25) is 0 Å². The van der Waals surface area contributed by atoms with E-state index in [0.717, 1.165) is 5.69 Å². The first-order valence-electron chi connectivity index (χ1n) is 5.60. The Morgan fingerprint density at radius 1 is 1.31 bits per heavy atom. The SMILES string of the molecule is COC(C)c1c(CO)nnn1C(C)C(C)C. The molecule has 0 amide bonds. The van der Waals surface area contributed by atoms with E-state index in [1.165, 1.54) is 0 Å². The first-order valence-corrected chi connectivity index (χ1v) is 5.60. The molecule has 92 valence electrons. The van der Waals surface area contributed by atoms with Gasteiger partial charge in [-0.2, -0.15) is 0 Å². The van der Waals surface area contributed by atoms with E-state index in [1.807, 2.05) is 11.6 Å². The van der Waals surface area contributed by atoms with E-state index in [0.29, 0.717) is 11.6 Å². The minimum absolute atomic E-state index is 0.103. The van der Waals surface area contributed by atoms with Crippen molar-refractivity contribution in [1.82, 2.24) is 15.0 Å². The van der Waals surface area contributed by atoms with Crippen LogP contribution in [0, 0.1) is 5.92 Å². The summed E-state index contributed by atoms with van der Waals surface area (Å²) in [6, 6.07) is 0.236. The summed E-state index contributed by atoms with van der Waals surface area (Å²) in [6.07, 6.45) is -0.113. The molecule has 1 aromatic rings. The van der Waals surface area contributed by atoms with Crippen LogP contribution in [0.5, 0.6) is 0 Å². The standard InChI is InChI=1S/C11H21N3O2/c1-7(2)8(3)14-11(9(4)16-5)10(6-15)12-13-14/h7-9,15H,6H2,1-5H3. The molecule has 1 N–H and O–H groups in total. The Kier molecular flexibility index (Phi) is 4.44. The van der Waals surface area contributed by atoms with Gasteiger partial charge >= 0.3 is 0 Å². The van der Waals surface area contributed by atoms with Crippen molar-refractivity contribution in [2.45, 2.75) is 46.4 Å². The van der Waals surface area contributed by atoms with E-state index in [-0.39, 0.29) is 18.8 Å². The number of rotatable bonds is 5. The van der Waals surface area contributed by atoms with Gasteiger partial charge < -0.3 is 9.84 Å². The van der Waals surface area contributed by atoms with Crippen molar-refractivity contribution in [2.24, 2.45) is 5.92 Å². The number of methoxy groups -OCH3 is 1. The van der Waals surface area contributed by atoms with Gasteiger partial charge in [0.1, 0.15) is 5.69 Å². The van der Waals surface area contributed by atoms with Crippen LogP contribution < -0.4 is 0 Å². The topological polar surface area (TPSA) is 60.2 Å². The Bertz CT molecular complexity index is 336. The van der Waals surface area contributed by atoms with Crippen LogP contribution >= 0.6 is 0 Å². The highest BCUT2D eigenvalue weighted by Gasteiger charge is 2.22. The van der Waals surface area contributed by atoms with Crippen molar-refractivity contribution in [2.75, 3.05) is 7.11 Å². The monoisotopic (exact) mass is 227 g/mol. The number of aliphatic hydroxyl groups is 1. The first kappa shape index (κ1) is 13.1. The highest BCUT2D eigenvalue weighted by atomic mass is 16.5. The lowest BCUT2D eigenvalue weighted by molar-refractivity contribution is 0.106. The Morgan fingerprint density at radius 2 is 1.94 bits per heavy atom. The molecule has 0 aromatic carbocycles.